The van der Waals surface area contributed by atoms with E-state index in [0.29, 0.717) is 48.6 Å². The molecule has 1 unspecified atom stereocenters. The predicted molar refractivity (Wildman–Crippen MR) is 155 cm³/mol. The second kappa shape index (κ2) is 10.6. The lowest BCUT2D eigenvalue weighted by Crippen LogP contribution is -2.56. The third-order valence-corrected chi connectivity index (χ3v) is 8.71. The van der Waals surface area contributed by atoms with Crippen molar-refractivity contribution in [3.05, 3.63) is 123 Å². The average molecular weight is 575 g/mol. The summed E-state index contributed by atoms with van der Waals surface area (Å²) < 4.78 is 19.8. The molecule has 6 rings (SSSR count). The number of nitrogens with one attached hydrogen (secondary N) is 2. The number of allylic oxidation sites excluding steroid dienone is 4. The van der Waals surface area contributed by atoms with Gasteiger partial charge in [-0.05, 0) is 66.8 Å². The van der Waals surface area contributed by atoms with E-state index < -0.39 is 11.7 Å². The Balaban J connectivity index is 1.32. The van der Waals surface area contributed by atoms with Crippen LogP contribution < -0.4 is 10.6 Å². The number of aryl methyl sites for hydroxylation is 1. The summed E-state index contributed by atoms with van der Waals surface area (Å²) in [6.07, 6.45) is 10.5. The van der Waals surface area contributed by atoms with Crippen molar-refractivity contribution >= 4 is 40.4 Å². The lowest BCUT2D eigenvalue weighted by atomic mass is 9.98. The monoisotopic (exact) mass is 574 g/mol. The zero-order chi connectivity index (χ0) is 27.9. The van der Waals surface area contributed by atoms with Gasteiger partial charge in [-0.1, -0.05) is 23.8 Å². The van der Waals surface area contributed by atoms with Gasteiger partial charge in [-0.25, -0.2) is 9.18 Å². The molecule has 2 aliphatic heterocycles. The fraction of sp³-hybridized carbons (Fsp3) is 0.161. The van der Waals surface area contributed by atoms with Crippen LogP contribution in [0.2, 0.25) is 5.02 Å². The Hall–Kier alpha value is -3.82. The third kappa shape index (κ3) is 4.63. The van der Waals surface area contributed by atoms with E-state index in [1.54, 1.807) is 18.2 Å². The molecular formula is C31H26ClFN3O3S+. The summed E-state index contributed by atoms with van der Waals surface area (Å²) in [5.41, 5.74) is 5.40. The van der Waals surface area contributed by atoms with Crippen LogP contribution in [0.15, 0.2) is 95.4 Å². The molecule has 3 heterocycles. The molecule has 2 N–H and O–H groups in total. The Bertz CT molecular complexity index is 1670. The molecule has 3 aromatic rings. The summed E-state index contributed by atoms with van der Waals surface area (Å²) in [5, 5.41) is 8.25. The minimum atomic E-state index is -0.419. The lowest BCUT2D eigenvalue weighted by Gasteiger charge is -2.41. The molecule has 9 heteroatoms. The van der Waals surface area contributed by atoms with Crippen LogP contribution in [0.1, 0.15) is 32.7 Å². The molecule has 6 nitrogen and oxygen atoms in total. The van der Waals surface area contributed by atoms with Gasteiger partial charge in [0.25, 0.3) is 5.91 Å². The highest BCUT2D eigenvalue weighted by Gasteiger charge is 2.50. The maximum atomic E-state index is 14.3. The summed E-state index contributed by atoms with van der Waals surface area (Å²) in [4.78, 5) is 28.4. The van der Waals surface area contributed by atoms with Gasteiger partial charge < -0.3 is 15.4 Å². The summed E-state index contributed by atoms with van der Waals surface area (Å²) in [6.45, 7) is 3.13. The molecule has 1 aliphatic carbocycles. The van der Waals surface area contributed by atoms with Crippen molar-refractivity contribution in [2.75, 3.05) is 25.1 Å². The maximum Gasteiger partial charge on any atom is 0.357 e. The lowest BCUT2D eigenvalue weighted by molar-refractivity contribution is -0.779. The Morgan fingerprint density at radius 3 is 2.77 bits per heavy atom. The molecule has 3 aliphatic rings. The zero-order valence-corrected chi connectivity index (χ0v) is 23.2. The molecule has 40 heavy (non-hydrogen) atoms. The summed E-state index contributed by atoms with van der Waals surface area (Å²) in [6, 6.07) is 10.9. The molecule has 0 radical (unpaired) electrons. The van der Waals surface area contributed by atoms with E-state index in [9.17, 15) is 14.0 Å². The molecule has 2 aromatic carbocycles. The number of ether oxygens (including phenoxy) is 1. The normalized spacial score (nSPS) is 19.7. The van der Waals surface area contributed by atoms with Gasteiger partial charge >= 0.3 is 5.91 Å². The van der Waals surface area contributed by atoms with Gasteiger partial charge in [-0.15, -0.1) is 11.3 Å². The van der Waals surface area contributed by atoms with Crippen molar-refractivity contribution in [2.45, 2.75) is 13.3 Å². The number of amides is 2. The number of fused-ring (bicyclic) bond motifs is 3. The molecule has 1 aromatic heterocycles. The fourth-order valence-corrected chi connectivity index (χ4v) is 6.56. The SMILES string of the molecule is Cc1csc(-c2cc(F)ccc2C(=O)Nc2ccc(C(=O)[N+]34CCOCC3=CNC=C3CC=CC=C34)c(Cl)c2)c1. The Morgan fingerprint density at radius 2 is 1.98 bits per heavy atom. The van der Waals surface area contributed by atoms with E-state index in [0.717, 1.165) is 27.4 Å². The van der Waals surface area contributed by atoms with Crippen molar-refractivity contribution in [2.24, 2.45) is 0 Å². The molecule has 1 saturated heterocycles. The molecule has 0 saturated carbocycles. The average Bonchev–Trinajstić information content (AvgIpc) is 3.31. The fourth-order valence-electron chi connectivity index (χ4n) is 5.37. The Morgan fingerprint density at radius 1 is 1.12 bits per heavy atom. The first-order chi connectivity index (χ1) is 19.4. The van der Waals surface area contributed by atoms with Crippen LogP contribution in [0, 0.1) is 12.7 Å². The van der Waals surface area contributed by atoms with Crippen molar-refractivity contribution in [3.63, 3.8) is 0 Å². The van der Waals surface area contributed by atoms with Crippen LogP contribution in [-0.4, -0.2) is 36.1 Å². The molecule has 202 valence electrons. The van der Waals surface area contributed by atoms with Gasteiger partial charge in [0.2, 0.25) is 0 Å². The predicted octanol–water partition coefficient (Wildman–Crippen LogP) is 6.93. The number of morpholine rings is 1. The number of thiophene rings is 1. The Kier molecular flexibility index (Phi) is 7.02. The molecular weight excluding hydrogens is 549 g/mol. The first kappa shape index (κ1) is 26.4. The van der Waals surface area contributed by atoms with Crippen LogP contribution in [0.5, 0.6) is 0 Å². The summed E-state index contributed by atoms with van der Waals surface area (Å²) in [7, 11) is 0. The largest absolute Gasteiger partial charge is 0.365 e. The van der Waals surface area contributed by atoms with E-state index in [-0.39, 0.29) is 15.4 Å². The number of rotatable bonds is 4. The second-order valence-electron chi connectivity index (χ2n) is 9.87. The number of carbonyl (C=O) groups is 2. The number of benzene rings is 2. The van der Waals surface area contributed by atoms with Crippen molar-refractivity contribution in [3.8, 4) is 10.4 Å². The van der Waals surface area contributed by atoms with Crippen LogP contribution in [0.3, 0.4) is 0 Å². The topological polar surface area (TPSA) is 67.4 Å². The number of carbonyl (C=O) groups excluding carboxylic acids is 2. The van der Waals surface area contributed by atoms with Gasteiger partial charge in [-0.2, -0.15) is 4.48 Å². The number of hydrogen-bond acceptors (Lipinski definition) is 5. The summed E-state index contributed by atoms with van der Waals surface area (Å²) >= 11 is 8.17. The highest BCUT2D eigenvalue weighted by Crippen LogP contribution is 2.40. The van der Waals surface area contributed by atoms with Gasteiger partial charge in [0, 0.05) is 39.5 Å². The van der Waals surface area contributed by atoms with Gasteiger partial charge in [-0.3, -0.25) is 4.79 Å². The molecule has 1 atom stereocenters. The first-order valence-corrected chi connectivity index (χ1v) is 14.1. The van der Waals surface area contributed by atoms with Gasteiger partial charge in [0.15, 0.2) is 11.4 Å². The van der Waals surface area contributed by atoms with Gasteiger partial charge in [0.1, 0.15) is 19.0 Å². The first-order valence-electron chi connectivity index (χ1n) is 12.9. The molecule has 1 fully saturated rings. The van der Waals surface area contributed by atoms with E-state index in [2.05, 4.69) is 16.7 Å². The highest BCUT2D eigenvalue weighted by molar-refractivity contribution is 7.13. The third-order valence-electron chi connectivity index (χ3n) is 7.31. The summed E-state index contributed by atoms with van der Waals surface area (Å²) in [5.74, 6) is -0.982. The van der Waals surface area contributed by atoms with Crippen molar-refractivity contribution in [1.29, 1.82) is 0 Å². The molecule has 0 bridgehead atoms. The van der Waals surface area contributed by atoms with Crippen molar-refractivity contribution in [1.82, 2.24) is 5.32 Å². The van der Waals surface area contributed by atoms with Crippen LogP contribution >= 0.6 is 22.9 Å². The number of halogens is 2. The molecule has 2 amide bonds. The van der Waals surface area contributed by atoms with Crippen LogP contribution in [0.4, 0.5) is 10.1 Å². The Labute approximate surface area is 240 Å². The standard InChI is InChI=1S/C31H25ClFN3O3S/c1-19-12-29(40-18-19)26-13-21(33)6-8-24(26)30(37)35-22-7-9-25(27(32)14-22)31(38)36-10-11-39-17-23(36)16-34-15-20-4-2-3-5-28(20)36/h2-3,5-9,12-16,18,34H,4,10-11,17H2,1H3/p+1. The minimum absolute atomic E-state index is 0.00618. The van der Waals surface area contributed by atoms with E-state index >= 15 is 0 Å². The highest BCUT2D eigenvalue weighted by atomic mass is 35.5. The van der Waals surface area contributed by atoms with E-state index in [1.165, 1.54) is 29.5 Å². The van der Waals surface area contributed by atoms with E-state index in [1.807, 2.05) is 42.9 Å². The number of nitrogens with zero attached hydrogens (tertiary/aromatic N) is 1. The smallest absolute Gasteiger partial charge is 0.357 e. The van der Waals surface area contributed by atoms with E-state index in [4.69, 9.17) is 16.3 Å². The molecule has 0 spiro atoms. The maximum absolute atomic E-state index is 14.3. The quantitative estimate of drug-likeness (QED) is 0.332. The minimum Gasteiger partial charge on any atom is -0.365 e. The number of hydrogen-bond donors (Lipinski definition) is 2. The number of quaternary nitrogens is 1. The second-order valence-corrected chi connectivity index (χ2v) is 11.2. The van der Waals surface area contributed by atoms with Gasteiger partial charge in [0.05, 0.1) is 23.4 Å². The zero-order valence-electron chi connectivity index (χ0n) is 21.7. The van der Waals surface area contributed by atoms with Crippen LogP contribution in [0.25, 0.3) is 10.4 Å². The van der Waals surface area contributed by atoms with Crippen molar-refractivity contribution < 1.29 is 23.2 Å². The number of anilines is 1. The van der Waals surface area contributed by atoms with Crippen LogP contribution in [-0.2, 0) is 4.74 Å².